The summed E-state index contributed by atoms with van der Waals surface area (Å²) in [5.74, 6) is 0.845. The zero-order chi connectivity index (χ0) is 20.3. The minimum atomic E-state index is -0.170. The van der Waals surface area contributed by atoms with Crippen LogP contribution in [0.2, 0.25) is 10.0 Å². The van der Waals surface area contributed by atoms with Gasteiger partial charge in [-0.25, -0.2) is 4.99 Å². The van der Waals surface area contributed by atoms with E-state index < -0.39 is 0 Å². The lowest BCUT2D eigenvalue weighted by molar-refractivity contribution is -0.138. The molecule has 8 heteroatoms. The Bertz CT molecular complexity index is 787. The maximum atomic E-state index is 13.4. The summed E-state index contributed by atoms with van der Waals surface area (Å²) in [5, 5.41) is 1.62. The van der Waals surface area contributed by atoms with Crippen LogP contribution in [0.25, 0.3) is 0 Å². The monoisotopic (exact) mass is 441 g/mol. The van der Waals surface area contributed by atoms with Gasteiger partial charge in [-0.3, -0.25) is 14.5 Å². The number of rotatable bonds is 4. The summed E-state index contributed by atoms with van der Waals surface area (Å²) in [4.78, 5) is 33.8. The molecule has 3 rings (SSSR count). The molecule has 2 aliphatic heterocycles. The Kier molecular flexibility index (Phi) is 7.29. The number of aliphatic imine (C=N–C) groups is 1. The molecule has 5 nitrogen and oxygen atoms in total. The molecule has 1 aromatic rings. The Labute approximate surface area is 180 Å². The van der Waals surface area contributed by atoms with Crippen LogP contribution < -0.4 is 0 Å². The third kappa shape index (κ3) is 4.66. The van der Waals surface area contributed by atoms with Crippen LogP contribution in [0.15, 0.2) is 23.2 Å². The van der Waals surface area contributed by atoms with Gasteiger partial charge in [-0.2, -0.15) is 0 Å². The van der Waals surface area contributed by atoms with Crippen molar-refractivity contribution in [3.05, 3.63) is 28.2 Å². The number of piperidine rings is 1. The standard InChI is InChI=1S/C20H25Cl2N3O2S/c1-3-15-12-28-20(23-14-7-8-16(21)17(22)10-14)25(15)19(27)13-6-5-9-24(11-13)18(26)4-2/h7-8,10,13,15H,3-6,9,11-12H2,1-2H3. The Hall–Kier alpha value is -1.24. The van der Waals surface area contributed by atoms with E-state index in [0.717, 1.165) is 31.6 Å². The maximum absolute atomic E-state index is 13.4. The van der Waals surface area contributed by atoms with E-state index in [1.165, 1.54) is 0 Å². The summed E-state index contributed by atoms with van der Waals surface area (Å²) in [6, 6.07) is 5.34. The quantitative estimate of drug-likeness (QED) is 0.661. The molecule has 2 aliphatic rings. The molecule has 2 atom stereocenters. The molecule has 152 valence electrons. The molecule has 0 radical (unpaired) electrons. The Morgan fingerprint density at radius 1 is 1.25 bits per heavy atom. The molecular formula is C20H25Cl2N3O2S. The van der Waals surface area contributed by atoms with Gasteiger partial charge in [0.25, 0.3) is 0 Å². The van der Waals surface area contributed by atoms with Crippen LogP contribution in [0.5, 0.6) is 0 Å². The highest BCUT2D eigenvalue weighted by Gasteiger charge is 2.39. The normalized spacial score (nSPS) is 24.1. The van der Waals surface area contributed by atoms with Gasteiger partial charge in [-0.05, 0) is 37.5 Å². The Morgan fingerprint density at radius 3 is 2.71 bits per heavy atom. The van der Waals surface area contributed by atoms with E-state index in [2.05, 4.69) is 11.9 Å². The highest BCUT2D eigenvalue weighted by atomic mass is 35.5. The molecule has 0 bridgehead atoms. The molecule has 0 N–H and O–H groups in total. The fourth-order valence-electron chi connectivity index (χ4n) is 3.62. The molecule has 28 heavy (non-hydrogen) atoms. The second-order valence-corrected chi connectivity index (χ2v) is 8.91. The summed E-state index contributed by atoms with van der Waals surface area (Å²) in [6.07, 6.45) is 3.01. The van der Waals surface area contributed by atoms with Crippen LogP contribution >= 0.6 is 35.0 Å². The minimum absolute atomic E-state index is 0.0734. The van der Waals surface area contributed by atoms with Gasteiger partial charge >= 0.3 is 0 Å². The van der Waals surface area contributed by atoms with Crippen molar-refractivity contribution in [2.75, 3.05) is 18.8 Å². The van der Waals surface area contributed by atoms with E-state index in [4.69, 9.17) is 23.2 Å². The Morgan fingerprint density at radius 2 is 2.04 bits per heavy atom. The second kappa shape index (κ2) is 9.51. The first kappa shape index (κ1) is 21.5. The number of halogens is 2. The Balaban J connectivity index is 1.83. The molecule has 0 aliphatic carbocycles. The van der Waals surface area contributed by atoms with Crippen molar-refractivity contribution in [2.45, 2.75) is 45.6 Å². The average molecular weight is 442 g/mol. The van der Waals surface area contributed by atoms with Gasteiger partial charge < -0.3 is 4.90 Å². The highest BCUT2D eigenvalue weighted by molar-refractivity contribution is 8.14. The predicted octanol–water partition coefficient (Wildman–Crippen LogP) is 4.98. The lowest BCUT2D eigenvalue weighted by Crippen LogP contribution is -2.49. The van der Waals surface area contributed by atoms with Crippen LogP contribution in [-0.4, -0.2) is 51.7 Å². The smallest absolute Gasteiger partial charge is 0.233 e. The van der Waals surface area contributed by atoms with Gasteiger partial charge in [0.15, 0.2) is 5.17 Å². The van der Waals surface area contributed by atoms with Crippen molar-refractivity contribution < 1.29 is 9.59 Å². The molecule has 0 spiro atoms. The topological polar surface area (TPSA) is 53.0 Å². The van der Waals surface area contributed by atoms with E-state index in [1.54, 1.807) is 30.0 Å². The molecular weight excluding hydrogens is 417 g/mol. The van der Waals surface area contributed by atoms with E-state index in [0.29, 0.717) is 33.9 Å². The second-order valence-electron chi connectivity index (χ2n) is 7.11. The SMILES string of the molecule is CCC(=O)N1CCCC(C(=O)N2C(=Nc3ccc(Cl)c(Cl)c3)SCC2CC)C1. The summed E-state index contributed by atoms with van der Waals surface area (Å²) in [7, 11) is 0. The van der Waals surface area contributed by atoms with E-state index in [1.807, 2.05) is 16.7 Å². The first-order valence-electron chi connectivity index (χ1n) is 9.72. The molecule has 2 heterocycles. The van der Waals surface area contributed by atoms with Crippen LogP contribution in [0, 0.1) is 5.92 Å². The third-order valence-electron chi connectivity index (χ3n) is 5.24. The zero-order valence-electron chi connectivity index (χ0n) is 16.2. The van der Waals surface area contributed by atoms with Crippen molar-refractivity contribution in [3.8, 4) is 0 Å². The molecule has 0 saturated carbocycles. The van der Waals surface area contributed by atoms with Crippen molar-refractivity contribution in [2.24, 2.45) is 10.9 Å². The average Bonchev–Trinajstić information content (AvgIpc) is 3.12. The van der Waals surface area contributed by atoms with Gasteiger partial charge in [0, 0.05) is 31.3 Å². The highest BCUT2D eigenvalue weighted by Crippen LogP contribution is 2.33. The molecule has 2 saturated heterocycles. The van der Waals surface area contributed by atoms with Crippen LogP contribution in [0.4, 0.5) is 5.69 Å². The largest absolute Gasteiger partial charge is 0.342 e. The minimum Gasteiger partial charge on any atom is -0.342 e. The number of carbonyl (C=O) groups is 2. The summed E-state index contributed by atoms with van der Waals surface area (Å²) < 4.78 is 0. The van der Waals surface area contributed by atoms with Gasteiger partial charge in [-0.15, -0.1) is 0 Å². The number of benzene rings is 1. The fourth-order valence-corrected chi connectivity index (χ4v) is 5.19. The fraction of sp³-hybridized carbons (Fsp3) is 0.550. The number of likely N-dealkylation sites (tertiary alicyclic amines) is 1. The lowest BCUT2D eigenvalue weighted by Gasteiger charge is -2.35. The van der Waals surface area contributed by atoms with Gasteiger partial charge in [0.05, 0.1) is 21.7 Å². The molecule has 2 unspecified atom stereocenters. The lowest BCUT2D eigenvalue weighted by atomic mass is 9.95. The zero-order valence-corrected chi connectivity index (χ0v) is 18.5. The predicted molar refractivity (Wildman–Crippen MR) is 117 cm³/mol. The summed E-state index contributed by atoms with van der Waals surface area (Å²) >= 11 is 13.7. The van der Waals surface area contributed by atoms with Gasteiger partial charge in [0.1, 0.15) is 0 Å². The number of carbonyl (C=O) groups excluding carboxylic acids is 2. The number of hydrogen-bond acceptors (Lipinski definition) is 4. The van der Waals surface area contributed by atoms with Crippen molar-refractivity contribution in [1.29, 1.82) is 0 Å². The van der Waals surface area contributed by atoms with Crippen LogP contribution in [-0.2, 0) is 9.59 Å². The number of amides is 2. The van der Waals surface area contributed by atoms with Crippen LogP contribution in [0.1, 0.15) is 39.5 Å². The summed E-state index contributed by atoms with van der Waals surface area (Å²) in [6.45, 7) is 5.19. The number of amidine groups is 1. The summed E-state index contributed by atoms with van der Waals surface area (Å²) in [5.41, 5.74) is 0.679. The number of hydrogen-bond donors (Lipinski definition) is 0. The number of thioether (sulfide) groups is 1. The molecule has 0 aromatic heterocycles. The molecule has 2 amide bonds. The van der Waals surface area contributed by atoms with E-state index in [-0.39, 0.29) is 23.8 Å². The third-order valence-corrected chi connectivity index (χ3v) is 7.08. The molecule has 1 aromatic carbocycles. The maximum Gasteiger partial charge on any atom is 0.233 e. The van der Waals surface area contributed by atoms with Crippen molar-refractivity contribution in [3.63, 3.8) is 0 Å². The van der Waals surface area contributed by atoms with Crippen LogP contribution in [0.3, 0.4) is 0 Å². The van der Waals surface area contributed by atoms with Crippen molar-refractivity contribution >= 4 is 57.6 Å². The number of nitrogens with zero attached hydrogens (tertiary/aromatic N) is 3. The van der Waals surface area contributed by atoms with E-state index >= 15 is 0 Å². The first-order chi connectivity index (χ1) is 13.4. The first-order valence-corrected chi connectivity index (χ1v) is 11.5. The van der Waals surface area contributed by atoms with Gasteiger partial charge in [0.2, 0.25) is 11.8 Å². The molecule has 2 fully saturated rings. The van der Waals surface area contributed by atoms with Crippen molar-refractivity contribution in [1.82, 2.24) is 9.80 Å². The van der Waals surface area contributed by atoms with Gasteiger partial charge in [-0.1, -0.05) is 48.8 Å². The van der Waals surface area contributed by atoms with E-state index in [9.17, 15) is 9.59 Å².